The number of carbonyl (C=O) groups excluding carboxylic acids is 2. The summed E-state index contributed by atoms with van der Waals surface area (Å²) in [5.41, 5.74) is 2.47. The Kier molecular flexibility index (Phi) is 5.88. The van der Waals surface area contributed by atoms with Crippen LogP contribution in [0.2, 0.25) is 5.02 Å². The third kappa shape index (κ3) is 4.42. The van der Waals surface area contributed by atoms with Gasteiger partial charge in [0, 0.05) is 6.07 Å². The Labute approximate surface area is 151 Å². The molecule has 0 saturated carbocycles. The second kappa shape index (κ2) is 7.90. The maximum Gasteiger partial charge on any atom is 0.314 e. The van der Waals surface area contributed by atoms with Gasteiger partial charge in [-0.15, -0.1) is 0 Å². The van der Waals surface area contributed by atoms with Gasteiger partial charge in [-0.25, -0.2) is 0 Å². The van der Waals surface area contributed by atoms with Gasteiger partial charge in [-0.1, -0.05) is 17.7 Å². The van der Waals surface area contributed by atoms with Gasteiger partial charge in [0.1, 0.15) is 11.5 Å². The number of rotatable bonds is 4. The van der Waals surface area contributed by atoms with Crippen LogP contribution in [-0.2, 0) is 9.59 Å². The van der Waals surface area contributed by atoms with Crippen LogP contribution < -0.4 is 20.1 Å². The first-order valence-corrected chi connectivity index (χ1v) is 7.84. The molecule has 0 atom stereocenters. The Morgan fingerprint density at radius 1 is 0.960 bits per heavy atom. The highest BCUT2D eigenvalue weighted by molar-refractivity contribution is 6.45. The van der Waals surface area contributed by atoms with Gasteiger partial charge in [0.15, 0.2) is 0 Å². The fraction of sp³-hybridized carbons (Fsp3) is 0.222. The summed E-state index contributed by atoms with van der Waals surface area (Å²) in [7, 11) is 2.97. The van der Waals surface area contributed by atoms with Crippen LogP contribution in [0.3, 0.4) is 0 Å². The average molecular weight is 363 g/mol. The second-order valence-corrected chi connectivity index (χ2v) is 5.82. The molecule has 0 saturated heterocycles. The first-order valence-electron chi connectivity index (χ1n) is 7.46. The minimum atomic E-state index is -0.845. The number of aryl methyl sites for hydroxylation is 2. The molecule has 2 rings (SSSR count). The largest absolute Gasteiger partial charge is 0.497 e. The molecule has 0 unspecified atom stereocenters. The number of benzene rings is 2. The summed E-state index contributed by atoms with van der Waals surface area (Å²) < 4.78 is 10.3. The molecule has 25 heavy (non-hydrogen) atoms. The van der Waals surface area contributed by atoms with E-state index in [0.717, 1.165) is 11.1 Å². The third-order valence-corrected chi connectivity index (χ3v) is 3.83. The average Bonchev–Trinajstić information content (AvgIpc) is 2.57. The third-order valence-electron chi connectivity index (χ3n) is 3.53. The number of hydrogen-bond donors (Lipinski definition) is 2. The molecule has 7 heteroatoms. The lowest BCUT2D eigenvalue weighted by Crippen LogP contribution is -2.29. The second-order valence-electron chi connectivity index (χ2n) is 5.41. The molecule has 0 aliphatic heterocycles. The summed E-state index contributed by atoms with van der Waals surface area (Å²) >= 11 is 6.15. The molecule has 2 amide bonds. The van der Waals surface area contributed by atoms with Crippen LogP contribution in [0.4, 0.5) is 11.4 Å². The van der Waals surface area contributed by atoms with Gasteiger partial charge < -0.3 is 20.1 Å². The molecular formula is C18H19ClN2O4. The fourth-order valence-electron chi connectivity index (χ4n) is 2.34. The minimum Gasteiger partial charge on any atom is -0.497 e. The molecule has 132 valence electrons. The topological polar surface area (TPSA) is 76.7 Å². The highest BCUT2D eigenvalue weighted by Gasteiger charge is 2.19. The molecule has 0 aliphatic carbocycles. The summed E-state index contributed by atoms with van der Waals surface area (Å²) in [5.74, 6) is -0.748. The predicted molar refractivity (Wildman–Crippen MR) is 97.7 cm³/mol. The number of carbonyl (C=O) groups is 2. The number of nitrogens with one attached hydrogen (secondary N) is 2. The van der Waals surface area contributed by atoms with Crippen LogP contribution >= 0.6 is 11.6 Å². The van der Waals surface area contributed by atoms with Crippen molar-refractivity contribution in [2.75, 3.05) is 24.9 Å². The predicted octanol–water partition coefficient (Wildman–Crippen LogP) is 3.55. The zero-order chi connectivity index (χ0) is 18.6. The summed E-state index contributed by atoms with van der Waals surface area (Å²) in [6.07, 6.45) is 0. The molecule has 2 aromatic rings. The Hall–Kier alpha value is -2.73. The van der Waals surface area contributed by atoms with Crippen LogP contribution in [0, 0.1) is 13.8 Å². The Bertz CT molecular complexity index is 798. The number of amides is 2. The number of halogens is 1. The molecule has 0 heterocycles. The van der Waals surface area contributed by atoms with Gasteiger partial charge in [-0.2, -0.15) is 0 Å². The van der Waals surface area contributed by atoms with Crippen molar-refractivity contribution >= 4 is 34.8 Å². The van der Waals surface area contributed by atoms with Crippen molar-refractivity contribution < 1.29 is 19.1 Å². The fourth-order valence-corrected chi connectivity index (χ4v) is 2.70. The van der Waals surface area contributed by atoms with E-state index in [4.69, 9.17) is 21.1 Å². The van der Waals surface area contributed by atoms with Crippen LogP contribution in [0.1, 0.15) is 11.1 Å². The van der Waals surface area contributed by atoms with Gasteiger partial charge in [0.25, 0.3) is 0 Å². The molecule has 2 N–H and O–H groups in total. The first-order chi connectivity index (χ1) is 11.8. The lowest BCUT2D eigenvalue weighted by atomic mass is 10.1. The van der Waals surface area contributed by atoms with Crippen molar-refractivity contribution in [1.82, 2.24) is 0 Å². The summed E-state index contributed by atoms with van der Waals surface area (Å²) in [4.78, 5) is 24.4. The lowest BCUT2D eigenvalue weighted by Gasteiger charge is -2.13. The number of anilines is 2. The van der Waals surface area contributed by atoms with Crippen LogP contribution in [0.15, 0.2) is 30.3 Å². The Morgan fingerprint density at radius 3 is 2.24 bits per heavy atom. The van der Waals surface area contributed by atoms with Crippen molar-refractivity contribution in [1.29, 1.82) is 0 Å². The molecule has 0 aliphatic rings. The van der Waals surface area contributed by atoms with Crippen LogP contribution in [0.5, 0.6) is 11.5 Å². The number of methoxy groups -OCH3 is 2. The first kappa shape index (κ1) is 18.6. The minimum absolute atomic E-state index is 0.328. The monoisotopic (exact) mass is 362 g/mol. The standard InChI is InChI=1S/C18H19ClN2O4/c1-10-7-11(2)16(13(19)8-10)21-18(23)17(22)20-14-9-12(24-3)5-6-15(14)25-4/h5-9H,1-4H3,(H,20,22)(H,21,23). The zero-order valence-electron chi connectivity index (χ0n) is 14.4. The van der Waals surface area contributed by atoms with E-state index >= 15 is 0 Å². The molecule has 0 bridgehead atoms. The maximum absolute atomic E-state index is 12.2. The van der Waals surface area contributed by atoms with E-state index in [1.807, 2.05) is 13.0 Å². The van der Waals surface area contributed by atoms with E-state index in [2.05, 4.69) is 10.6 Å². The van der Waals surface area contributed by atoms with E-state index in [9.17, 15) is 9.59 Å². The SMILES string of the molecule is COc1ccc(OC)c(NC(=O)C(=O)Nc2c(C)cc(C)cc2Cl)c1. The van der Waals surface area contributed by atoms with Gasteiger partial charge >= 0.3 is 11.8 Å². The van der Waals surface area contributed by atoms with E-state index in [1.165, 1.54) is 14.2 Å². The van der Waals surface area contributed by atoms with Gasteiger partial charge in [0.05, 0.1) is 30.6 Å². The molecular weight excluding hydrogens is 344 g/mol. The van der Waals surface area contributed by atoms with E-state index in [0.29, 0.717) is 27.9 Å². The van der Waals surface area contributed by atoms with Crippen molar-refractivity contribution in [2.24, 2.45) is 0 Å². The zero-order valence-corrected chi connectivity index (χ0v) is 15.2. The maximum atomic E-state index is 12.2. The van der Waals surface area contributed by atoms with E-state index < -0.39 is 11.8 Å². The Balaban J connectivity index is 2.18. The highest BCUT2D eigenvalue weighted by Crippen LogP contribution is 2.29. The molecule has 6 nitrogen and oxygen atoms in total. The normalized spacial score (nSPS) is 10.1. The van der Waals surface area contributed by atoms with Gasteiger partial charge in [0.2, 0.25) is 0 Å². The van der Waals surface area contributed by atoms with Crippen molar-refractivity contribution in [2.45, 2.75) is 13.8 Å². The van der Waals surface area contributed by atoms with Crippen molar-refractivity contribution in [3.63, 3.8) is 0 Å². The van der Waals surface area contributed by atoms with Gasteiger partial charge in [-0.05, 0) is 43.2 Å². The number of ether oxygens (including phenoxy) is 2. The molecule has 2 aromatic carbocycles. The van der Waals surface area contributed by atoms with Crippen molar-refractivity contribution in [3.05, 3.63) is 46.5 Å². The molecule has 0 aromatic heterocycles. The molecule has 0 radical (unpaired) electrons. The van der Waals surface area contributed by atoms with E-state index in [1.54, 1.807) is 31.2 Å². The van der Waals surface area contributed by atoms with Crippen LogP contribution in [-0.4, -0.2) is 26.0 Å². The van der Waals surface area contributed by atoms with Crippen LogP contribution in [0.25, 0.3) is 0 Å². The molecule has 0 spiro atoms. The smallest absolute Gasteiger partial charge is 0.314 e. The quantitative estimate of drug-likeness (QED) is 0.815. The summed E-state index contributed by atoms with van der Waals surface area (Å²) in [5, 5.41) is 5.42. The highest BCUT2D eigenvalue weighted by atomic mass is 35.5. The summed E-state index contributed by atoms with van der Waals surface area (Å²) in [6.45, 7) is 3.70. The molecule has 0 fully saturated rings. The van der Waals surface area contributed by atoms with Crippen molar-refractivity contribution in [3.8, 4) is 11.5 Å². The summed E-state index contributed by atoms with van der Waals surface area (Å²) in [6, 6.07) is 8.46. The lowest BCUT2D eigenvalue weighted by molar-refractivity contribution is -0.133. The number of hydrogen-bond acceptors (Lipinski definition) is 4. The Morgan fingerprint density at radius 2 is 1.64 bits per heavy atom. The van der Waals surface area contributed by atoms with E-state index in [-0.39, 0.29) is 0 Å². The van der Waals surface area contributed by atoms with Gasteiger partial charge in [-0.3, -0.25) is 9.59 Å².